The van der Waals surface area contributed by atoms with Crippen LogP contribution < -0.4 is 10.1 Å². The molecule has 1 aromatic carbocycles. The number of aromatic nitrogens is 2. The molecule has 0 saturated heterocycles. The Labute approximate surface area is 118 Å². The highest BCUT2D eigenvalue weighted by Gasteiger charge is 2.06. The van der Waals surface area contributed by atoms with Crippen LogP contribution >= 0.6 is 27.5 Å². The first-order valence-electron chi connectivity index (χ1n) is 5.38. The topological polar surface area (TPSA) is 47.0 Å². The molecule has 0 aliphatic heterocycles. The highest BCUT2D eigenvalue weighted by atomic mass is 79.9. The fourth-order valence-electron chi connectivity index (χ4n) is 1.34. The van der Waals surface area contributed by atoms with E-state index in [2.05, 4.69) is 31.2 Å². The van der Waals surface area contributed by atoms with Crippen LogP contribution in [0.15, 0.2) is 35.1 Å². The third-order valence-electron chi connectivity index (χ3n) is 2.11. The van der Waals surface area contributed by atoms with Crippen molar-refractivity contribution in [1.82, 2.24) is 9.97 Å². The number of ether oxygens (including phenoxy) is 1. The van der Waals surface area contributed by atoms with Gasteiger partial charge in [-0.1, -0.05) is 27.5 Å². The minimum absolute atomic E-state index is 0.445. The first kappa shape index (κ1) is 13.1. The fraction of sp³-hybridized carbons (Fsp3) is 0.167. The summed E-state index contributed by atoms with van der Waals surface area (Å²) in [4.78, 5) is 8.11. The summed E-state index contributed by atoms with van der Waals surface area (Å²) in [5.74, 6) is 1.71. The van der Waals surface area contributed by atoms with Gasteiger partial charge in [-0.3, -0.25) is 0 Å². The summed E-state index contributed by atoms with van der Waals surface area (Å²) in [6, 6.07) is 7.12. The summed E-state index contributed by atoms with van der Waals surface area (Å²) in [5, 5.41) is 3.62. The van der Waals surface area contributed by atoms with E-state index in [1.54, 1.807) is 18.2 Å². The average molecular weight is 329 g/mol. The maximum atomic E-state index is 6.04. The van der Waals surface area contributed by atoms with E-state index in [9.17, 15) is 0 Å². The van der Waals surface area contributed by atoms with E-state index in [1.165, 1.54) is 6.33 Å². The SMILES string of the molecule is CCNc1cc(Oc2cc(Br)ccc2Cl)ncn1. The number of hydrogen-bond donors (Lipinski definition) is 1. The van der Waals surface area contributed by atoms with Crippen molar-refractivity contribution in [1.29, 1.82) is 0 Å². The van der Waals surface area contributed by atoms with Gasteiger partial charge < -0.3 is 10.1 Å². The molecule has 2 rings (SSSR count). The smallest absolute Gasteiger partial charge is 0.224 e. The first-order chi connectivity index (χ1) is 8.69. The average Bonchev–Trinajstić information content (AvgIpc) is 2.35. The van der Waals surface area contributed by atoms with Gasteiger partial charge in [0.1, 0.15) is 17.9 Å². The molecule has 0 radical (unpaired) electrons. The molecule has 0 unspecified atom stereocenters. The van der Waals surface area contributed by atoms with E-state index >= 15 is 0 Å². The Morgan fingerprint density at radius 1 is 1.33 bits per heavy atom. The van der Waals surface area contributed by atoms with Gasteiger partial charge in [-0.15, -0.1) is 0 Å². The van der Waals surface area contributed by atoms with Gasteiger partial charge in [-0.2, -0.15) is 0 Å². The van der Waals surface area contributed by atoms with Gasteiger partial charge in [0.15, 0.2) is 0 Å². The number of nitrogens with zero attached hydrogens (tertiary/aromatic N) is 2. The monoisotopic (exact) mass is 327 g/mol. The fourth-order valence-corrected chi connectivity index (χ4v) is 1.84. The zero-order valence-electron chi connectivity index (χ0n) is 9.65. The Balaban J connectivity index is 2.22. The largest absolute Gasteiger partial charge is 0.437 e. The number of rotatable bonds is 4. The predicted molar refractivity (Wildman–Crippen MR) is 75.4 cm³/mol. The van der Waals surface area contributed by atoms with Gasteiger partial charge in [0.25, 0.3) is 0 Å². The molecular weight excluding hydrogens is 318 g/mol. The van der Waals surface area contributed by atoms with Crippen molar-refractivity contribution in [3.8, 4) is 11.6 Å². The molecule has 0 saturated carbocycles. The van der Waals surface area contributed by atoms with E-state index in [1.807, 2.05) is 13.0 Å². The predicted octanol–water partition coefficient (Wildman–Crippen LogP) is 4.12. The Morgan fingerprint density at radius 3 is 2.94 bits per heavy atom. The van der Waals surface area contributed by atoms with Gasteiger partial charge >= 0.3 is 0 Å². The lowest BCUT2D eigenvalue weighted by atomic mass is 10.3. The molecule has 2 aromatic rings. The van der Waals surface area contributed by atoms with Crippen LogP contribution in [0.3, 0.4) is 0 Å². The van der Waals surface area contributed by atoms with E-state index in [0.29, 0.717) is 22.5 Å². The number of hydrogen-bond acceptors (Lipinski definition) is 4. The van der Waals surface area contributed by atoms with E-state index in [-0.39, 0.29) is 0 Å². The Kier molecular flexibility index (Phi) is 4.38. The number of anilines is 1. The molecule has 1 heterocycles. The molecule has 0 atom stereocenters. The van der Waals surface area contributed by atoms with E-state index in [4.69, 9.17) is 16.3 Å². The van der Waals surface area contributed by atoms with Crippen LogP contribution in [-0.2, 0) is 0 Å². The van der Waals surface area contributed by atoms with Crippen molar-refractivity contribution in [2.45, 2.75) is 6.92 Å². The maximum absolute atomic E-state index is 6.04. The molecule has 0 bridgehead atoms. The van der Waals surface area contributed by atoms with Crippen LogP contribution in [0.4, 0.5) is 5.82 Å². The normalized spacial score (nSPS) is 10.2. The highest BCUT2D eigenvalue weighted by molar-refractivity contribution is 9.10. The third-order valence-corrected chi connectivity index (χ3v) is 2.91. The van der Waals surface area contributed by atoms with Crippen molar-refractivity contribution in [2.75, 3.05) is 11.9 Å². The molecule has 94 valence electrons. The van der Waals surface area contributed by atoms with Crippen molar-refractivity contribution in [3.05, 3.63) is 40.1 Å². The van der Waals surface area contributed by atoms with E-state index < -0.39 is 0 Å². The molecule has 4 nitrogen and oxygen atoms in total. The number of benzene rings is 1. The van der Waals surface area contributed by atoms with Crippen LogP contribution in [0.25, 0.3) is 0 Å². The van der Waals surface area contributed by atoms with Crippen LogP contribution in [0, 0.1) is 0 Å². The van der Waals surface area contributed by atoms with Gasteiger partial charge in [-0.25, -0.2) is 9.97 Å². The quantitative estimate of drug-likeness (QED) is 0.917. The van der Waals surface area contributed by atoms with Crippen LogP contribution in [-0.4, -0.2) is 16.5 Å². The van der Waals surface area contributed by atoms with Gasteiger partial charge in [0.05, 0.1) is 5.02 Å². The van der Waals surface area contributed by atoms with Gasteiger partial charge in [-0.05, 0) is 25.1 Å². The lowest BCUT2D eigenvalue weighted by Gasteiger charge is -2.08. The highest BCUT2D eigenvalue weighted by Crippen LogP contribution is 2.31. The zero-order chi connectivity index (χ0) is 13.0. The summed E-state index contributed by atoms with van der Waals surface area (Å²) in [6.45, 7) is 2.78. The second-order valence-electron chi connectivity index (χ2n) is 3.45. The minimum Gasteiger partial charge on any atom is -0.437 e. The summed E-state index contributed by atoms with van der Waals surface area (Å²) >= 11 is 9.41. The number of halogens is 2. The Bertz CT molecular complexity index is 551. The van der Waals surface area contributed by atoms with Crippen molar-refractivity contribution >= 4 is 33.3 Å². The minimum atomic E-state index is 0.445. The summed E-state index contributed by atoms with van der Waals surface area (Å²) in [5.41, 5.74) is 0. The molecule has 0 aliphatic carbocycles. The van der Waals surface area contributed by atoms with Crippen LogP contribution in [0.2, 0.25) is 5.02 Å². The second kappa shape index (κ2) is 6.02. The third kappa shape index (κ3) is 3.34. The molecule has 1 aromatic heterocycles. The summed E-state index contributed by atoms with van der Waals surface area (Å²) in [6.07, 6.45) is 1.44. The van der Waals surface area contributed by atoms with Crippen molar-refractivity contribution < 1.29 is 4.74 Å². The lowest BCUT2D eigenvalue weighted by molar-refractivity contribution is 0.462. The van der Waals surface area contributed by atoms with Crippen LogP contribution in [0.5, 0.6) is 11.6 Å². The summed E-state index contributed by atoms with van der Waals surface area (Å²) in [7, 11) is 0. The van der Waals surface area contributed by atoms with Crippen molar-refractivity contribution in [3.63, 3.8) is 0 Å². The molecular formula is C12H11BrClN3O. The standard InChI is InChI=1S/C12H11BrClN3O/c1-2-15-11-6-12(17-7-16-11)18-10-5-8(13)3-4-9(10)14/h3-7H,2H2,1H3,(H,15,16,17). The lowest BCUT2D eigenvalue weighted by Crippen LogP contribution is -2.00. The molecule has 0 spiro atoms. The number of nitrogens with one attached hydrogen (secondary N) is 1. The van der Waals surface area contributed by atoms with Crippen molar-refractivity contribution in [2.24, 2.45) is 0 Å². The molecule has 0 fully saturated rings. The molecule has 18 heavy (non-hydrogen) atoms. The van der Waals surface area contributed by atoms with Gasteiger partial charge in [0.2, 0.25) is 5.88 Å². The van der Waals surface area contributed by atoms with Crippen LogP contribution in [0.1, 0.15) is 6.92 Å². The molecule has 6 heteroatoms. The Hall–Kier alpha value is -1.33. The first-order valence-corrected chi connectivity index (χ1v) is 6.55. The summed E-state index contributed by atoms with van der Waals surface area (Å²) < 4.78 is 6.52. The second-order valence-corrected chi connectivity index (χ2v) is 4.77. The van der Waals surface area contributed by atoms with E-state index in [0.717, 1.165) is 11.0 Å². The van der Waals surface area contributed by atoms with Gasteiger partial charge in [0, 0.05) is 17.1 Å². The zero-order valence-corrected chi connectivity index (χ0v) is 12.0. The molecule has 0 aliphatic rings. The molecule has 1 N–H and O–H groups in total. The molecule has 0 amide bonds. The maximum Gasteiger partial charge on any atom is 0.224 e. The Morgan fingerprint density at radius 2 is 2.17 bits per heavy atom.